The normalized spacial score (nSPS) is 10.4. The van der Waals surface area contributed by atoms with Crippen LogP contribution in [0.2, 0.25) is 0 Å². The first-order chi connectivity index (χ1) is 12.6. The number of hydrogen-bond acceptors (Lipinski definition) is 3. The maximum Gasteiger partial charge on any atom is 0.234 e. The van der Waals surface area contributed by atoms with Gasteiger partial charge in [-0.25, -0.2) is 0 Å². The second kappa shape index (κ2) is 10.7. The molecule has 0 heterocycles. The molecule has 138 valence electrons. The Labute approximate surface area is 160 Å². The van der Waals surface area contributed by atoms with Crippen molar-refractivity contribution in [3.05, 3.63) is 65.7 Å². The minimum Gasteiger partial charge on any atom is -0.343 e. The molecule has 2 aromatic rings. The van der Waals surface area contributed by atoms with Gasteiger partial charge >= 0.3 is 0 Å². The Hall–Kier alpha value is -2.27. The van der Waals surface area contributed by atoms with E-state index in [1.165, 1.54) is 17.3 Å². The average molecular weight is 371 g/mol. The fraction of sp³-hybridized carbons (Fsp3) is 0.333. The van der Waals surface area contributed by atoms with E-state index in [2.05, 4.69) is 17.4 Å². The Morgan fingerprint density at radius 2 is 1.58 bits per heavy atom. The Morgan fingerprint density at radius 3 is 2.27 bits per heavy atom. The first kappa shape index (κ1) is 20.0. The first-order valence-corrected chi connectivity index (χ1v) is 10.1. The Morgan fingerprint density at radius 1 is 0.923 bits per heavy atom. The molecule has 26 heavy (non-hydrogen) atoms. The van der Waals surface area contributed by atoms with Gasteiger partial charge in [0.15, 0.2) is 0 Å². The molecule has 0 aliphatic carbocycles. The predicted octanol–water partition coefficient (Wildman–Crippen LogP) is 3.82. The lowest BCUT2D eigenvalue weighted by molar-refractivity contribution is -0.127. The zero-order chi connectivity index (χ0) is 18.8. The molecule has 0 bridgehead atoms. The smallest absolute Gasteiger partial charge is 0.234 e. The largest absolute Gasteiger partial charge is 0.343 e. The second-order valence-corrected chi connectivity index (χ2v) is 6.91. The lowest BCUT2D eigenvalue weighted by Gasteiger charge is -2.18. The number of anilines is 1. The van der Waals surface area contributed by atoms with Crippen LogP contribution in [-0.4, -0.2) is 41.3 Å². The standard InChI is InChI=1S/C21H26N2O2S/c1-3-23(4-2)21(25)16-26-15-20(24)22-19-13-9-8-12-18(19)14-17-10-6-5-7-11-17/h5-13H,3-4,14-16H2,1-2H3,(H,22,24). The molecule has 5 heteroatoms. The van der Waals surface area contributed by atoms with E-state index >= 15 is 0 Å². The number of thioether (sulfide) groups is 1. The Balaban J connectivity index is 1.88. The van der Waals surface area contributed by atoms with Crippen LogP contribution in [0.25, 0.3) is 0 Å². The lowest BCUT2D eigenvalue weighted by atomic mass is 10.0. The van der Waals surface area contributed by atoms with E-state index in [-0.39, 0.29) is 17.6 Å². The number of carbonyl (C=O) groups excluding carboxylic acids is 2. The highest BCUT2D eigenvalue weighted by molar-refractivity contribution is 8.00. The van der Waals surface area contributed by atoms with Crippen LogP contribution in [0.3, 0.4) is 0 Å². The van der Waals surface area contributed by atoms with Crippen molar-refractivity contribution in [2.75, 3.05) is 29.9 Å². The summed E-state index contributed by atoms with van der Waals surface area (Å²) in [5.74, 6) is 0.605. The Bertz CT molecular complexity index is 715. The summed E-state index contributed by atoms with van der Waals surface area (Å²) in [6.45, 7) is 5.33. The van der Waals surface area contributed by atoms with Crippen LogP contribution >= 0.6 is 11.8 Å². The van der Waals surface area contributed by atoms with Crippen molar-refractivity contribution < 1.29 is 9.59 Å². The Kier molecular flexibility index (Phi) is 8.22. The maximum absolute atomic E-state index is 12.3. The van der Waals surface area contributed by atoms with Crippen molar-refractivity contribution in [1.29, 1.82) is 0 Å². The number of hydrogen-bond donors (Lipinski definition) is 1. The zero-order valence-electron chi connectivity index (χ0n) is 15.4. The van der Waals surface area contributed by atoms with Crippen molar-refractivity contribution in [2.24, 2.45) is 0 Å². The van der Waals surface area contributed by atoms with Crippen molar-refractivity contribution >= 4 is 29.3 Å². The molecule has 0 aliphatic heterocycles. The summed E-state index contributed by atoms with van der Waals surface area (Å²) in [5, 5.41) is 2.98. The molecule has 0 atom stereocenters. The molecule has 0 saturated carbocycles. The minimum absolute atomic E-state index is 0.0807. The van der Waals surface area contributed by atoms with E-state index in [1.807, 2.05) is 56.3 Å². The summed E-state index contributed by atoms with van der Waals surface area (Å²) < 4.78 is 0. The molecule has 2 rings (SSSR count). The quantitative estimate of drug-likeness (QED) is 0.730. The molecular formula is C21H26N2O2S. The van der Waals surface area contributed by atoms with Gasteiger partial charge in [0, 0.05) is 18.8 Å². The summed E-state index contributed by atoms with van der Waals surface area (Å²) in [6, 6.07) is 18.0. The van der Waals surface area contributed by atoms with Gasteiger partial charge in [0.25, 0.3) is 0 Å². The number of amides is 2. The molecule has 4 nitrogen and oxygen atoms in total. The topological polar surface area (TPSA) is 49.4 Å². The molecule has 0 unspecified atom stereocenters. The number of carbonyl (C=O) groups is 2. The highest BCUT2D eigenvalue weighted by Gasteiger charge is 2.12. The predicted molar refractivity (Wildman–Crippen MR) is 110 cm³/mol. The second-order valence-electron chi connectivity index (χ2n) is 5.93. The van der Waals surface area contributed by atoms with Gasteiger partial charge in [-0.1, -0.05) is 48.5 Å². The fourth-order valence-electron chi connectivity index (χ4n) is 2.70. The van der Waals surface area contributed by atoms with Crippen LogP contribution in [0, 0.1) is 0 Å². The van der Waals surface area contributed by atoms with Crippen LogP contribution in [-0.2, 0) is 16.0 Å². The van der Waals surface area contributed by atoms with Gasteiger partial charge in [-0.3, -0.25) is 9.59 Å². The summed E-state index contributed by atoms with van der Waals surface area (Å²) >= 11 is 1.35. The highest BCUT2D eigenvalue weighted by Crippen LogP contribution is 2.19. The molecule has 0 aliphatic rings. The number of benzene rings is 2. The van der Waals surface area contributed by atoms with E-state index in [9.17, 15) is 9.59 Å². The first-order valence-electron chi connectivity index (χ1n) is 8.91. The summed E-state index contributed by atoms with van der Waals surface area (Å²) in [6.07, 6.45) is 0.769. The third-order valence-electron chi connectivity index (χ3n) is 4.10. The van der Waals surface area contributed by atoms with E-state index in [0.29, 0.717) is 18.8 Å². The van der Waals surface area contributed by atoms with Crippen LogP contribution in [0.4, 0.5) is 5.69 Å². The number of nitrogens with zero attached hydrogens (tertiary/aromatic N) is 1. The van der Waals surface area contributed by atoms with Gasteiger partial charge in [-0.05, 0) is 37.5 Å². The molecule has 0 fully saturated rings. The average Bonchev–Trinajstić information content (AvgIpc) is 2.65. The van der Waals surface area contributed by atoms with Crippen molar-refractivity contribution in [2.45, 2.75) is 20.3 Å². The highest BCUT2D eigenvalue weighted by atomic mass is 32.2. The summed E-state index contributed by atoms with van der Waals surface area (Å²) in [7, 11) is 0. The zero-order valence-corrected chi connectivity index (χ0v) is 16.2. The number of rotatable bonds is 9. The molecule has 0 saturated heterocycles. The van der Waals surface area contributed by atoms with E-state index in [4.69, 9.17) is 0 Å². The van der Waals surface area contributed by atoms with E-state index in [1.54, 1.807) is 4.90 Å². The fourth-order valence-corrected chi connectivity index (χ4v) is 3.41. The van der Waals surface area contributed by atoms with Gasteiger partial charge in [0.2, 0.25) is 11.8 Å². The van der Waals surface area contributed by atoms with Gasteiger partial charge in [0.1, 0.15) is 0 Å². The molecule has 0 radical (unpaired) electrons. The van der Waals surface area contributed by atoms with Crippen LogP contribution in [0.1, 0.15) is 25.0 Å². The minimum atomic E-state index is -0.0807. The van der Waals surface area contributed by atoms with Gasteiger partial charge < -0.3 is 10.2 Å². The molecular weight excluding hydrogens is 344 g/mol. The van der Waals surface area contributed by atoms with E-state index in [0.717, 1.165) is 17.7 Å². The molecule has 0 spiro atoms. The monoisotopic (exact) mass is 370 g/mol. The molecule has 1 N–H and O–H groups in total. The third-order valence-corrected chi connectivity index (χ3v) is 5.02. The lowest BCUT2D eigenvalue weighted by Crippen LogP contribution is -2.32. The third kappa shape index (κ3) is 6.23. The molecule has 2 amide bonds. The molecule has 0 aromatic heterocycles. The van der Waals surface area contributed by atoms with Gasteiger partial charge in [-0.2, -0.15) is 0 Å². The maximum atomic E-state index is 12.3. The van der Waals surface area contributed by atoms with Crippen molar-refractivity contribution in [1.82, 2.24) is 4.90 Å². The number of para-hydroxylation sites is 1. The van der Waals surface area contributed by atoms with Gasteiger partial charge in [-0.15, -0.1) is 11.8 Å². The van der Waals surface area contributed by atoms with Crippen LogP contribution in [0.15, 0.2) is 54.6 Å². The van der Waals surface area contributed by atoms with Crippen molar-refractivity contribution in [3.63, 3.8) is 0 Å². The summed E-state index contributed by atoms with van der Waals surface area (Å²) in [5.41, 5.74) is 3.11. The molecule has 2 aromatic carbocycles. The SMILES string of the molecule is CCN(CC)C(=O)CSCC(=O)Nc1ccccc1Cc1ccccc1. The number of nitrogens with one attached hydrogen (secondary N) is 1. The van der Waals surface area contributed by atoms with Gasteiger partial charge in [0.05, 0.1) is 11.5 Å². The van der Waals surface area contributed by atoms with E-state index < -0.39 is 0 Å². The van der Waals surface area contributed by atoms with Crippen LogP contribution < -0.4 is 5.32 Å². The summed E-state index contributed by atoms with van der Waals surface area (Å²) in [4.78, 5) is 26.0. The van der Waals surface area contributed by atoms with Crippen LogP contribution in [0.5, 0.6) is 0 Å². The van der Waals surface area contributed by atoms with Crippen molar-refractivity contribution in [3.8, 4) is 0 Å².